The van der Waals surface area contributed by atoms with Gasteiger partial charge >= 0.3 is 0 Å². The van der Waals surface area contributed by atoms with Crippen molar-refractivity contribution in [2.75, 3.05) is 5.32 Å². The van der Waals surface area contributed by atoms with Crippen LogP contribution in [0.3, 0.4) is 0 Å². The SMILES string of the molecule is CCCCCCCCC(=O)Nc1cc2ccccc2nn1. The maximum Gasteiger partial charge on any atom is 0.225 e. The van der Waals surface area contributed by atoms with Crippen LogP contribution in [0.4, 0.5) is 5.82 Å². The molecule has 1 aromatic carbocycles. The molecule has 2 rings (SSSR count). The number of hydrogen-bond acceptors (Lipinski definition) is 3. The lowest BCUT2D eigenvalue weighted by atomic mass is 10.1. The number of carbonyl (C=O) groups is 1. The Morgan fingerprint density at radius 3 is 2.67 bits per heavy atom. The summed E-state index contributed by atoms with van der Waals surface area (Å²) in [5.74, 6) is 0.555. The number of nitrogens with one attached hydrogen (secondary N) is 1. The van der Waals surface area contributed by atoms with E-state index < -0.39 is 0 Å². The summed E-state index contributed by atoms with van der Waals surface area (Å²) in [6.07, 6.45) is 7.65. The van der Waals surface area contributed by atoms with E-state index in [9.17, 15) is 4.79 Å². The first kappa shape index (κ1) is 15.4. The number of anilines is 1. The predicted molar refractivity (Wildman–Crippen MR) is 86.2 cm³/mol. The number of nitrogens with zero attached hydrogens (tertiary/aromatic N) is 2. The first-order valence-corrected chi connectivity index (χ1v) is 7.82. The van der Waals surface area contributed by atoms with Gasteiger partial charge in [0.2, 0.25) is 5.91 Å². The fourth-order valence-electron chi connectivity index (χ4n) is 2.32. The Balaban J connectivity index is 1.76. The standard InChI is InChI=1S/C17H23N3O/c1-2-3-4-5-6-7-12-17(21)18-16-13-14-10-8-9-11-15(14)19-20-16/h8-11,13H,2-7,12H2,1H3,(H,18,20,21). The van der Waals surface area contributed by atoms with E-state index in [4.69, 9.17) is 0 Å². The minimum absolute atomic E-state index is 0.0232. The molecule has 0 atom stereocenters. The number of aromatic nitrogens is 2. The molecule has 0 fully saturated rings. The number of unbranched alkanes of at least 4 members (excludes halogenated alkanes) is 5. The van der Waals surface area contributed by atoms with Crippen LogP contribution < -0.4 is 5.32 Å². The van der Waals surface area contributed by atoms with Gasteiger partial charge in [-0.1, -0.05) is 57.2 Å². The second-order valence-corrected chi connectivity index (χ2v) is 5.35. The van der Waals surface area contributed by atoms with Gasteiger partial charge in [0.1, 0.15) is 0 Å². The Labute approximate surface area is 126 Å². The van der Waals surface area contributed by atoms with Crippen LogP contribution in [0.1, 0.15) is 51.9 Å². The summed E-state index contributed by atoms with van der Waals surface area (Å²) in [4.78, 5) is 11.9. The Hall–Kier alpha value is -1.97. The van der Waals surface area contributed by atoms with E-state index in [-0.39, 0.29) is 5.91 Å². The quantitative estimate of drug-likeness (QED) is 0.735. The van der Waals surface area contributed by atoms with Gasteiger partial charge < -0.3 is 5.32 Å². The van der Waals surface area contributed by atoms with Crippen LogP contribution in [0.15, 0.2) is 30.3 Å². The lowest BCUT2D eigenvalue weighted by Gasteiger charge is -2.05. The summed E-state index contributed by atoms with van der Waals surface area (Å²) in [6, 6.07) is 9.61. The molecule has 0 saturated carbocycles. The van der Waals surface area contributed by atoms with Gasteiger partial charge in [0.15, 0.2) is 5.82 Å². The number of rotatable bonds is 8. The van der Waals surface area contributed by atoms with Gasteiger partial charge in [-0.15, -0.1) is 10.2 Å². The van der Waals surface area contributed by atoms with E-state index in [2.05, 4.69) is 22.4 Å². The minimum atomic E-state index is 0.0232. The van der Waals surface area contributed by atoms with E-state index in [0.717, 1.165) is 23.7 Å². The average molecular weight is 285 g/mol. The van der Waals surface area contributed by atoms with Crippen LogP contribution in [0.25, 0.3) is 10.9 Å². The highest BCUT2D eigenvalue weighted by Gasteiger charge is 2.04. The summed E-state index contributed by atoms with van der Waals surface area (Å²) < 4.78 is 0. The summed E-state index contributed by atoms with van der Waals surface area (Å²) >= 11 is 0. The van der Waals surface area contributed by atoms with Crippen molar-refractivity contribution in [3.8, 4) is 0 Å². The smallest absolute Gasteiger partial charge is 0.225 e. The van der Waals surface area contributed by atoms with E-state index in [1.54, 1.807) is 0 Å². The van der Waals surface area contributed by atoms with Crippen LogP contribution in [-0.2, 0) is 4.79 Å². The Morgan fingerprint density at radius 2 is 1.81 bits per heavy atom. The van der Waals surface area contributed by atoms with Crippen LogP contribution in [0.2, 0.25) is 0 Å². The molecule has 0 aliphatic rings. The molecule has 4 nitrogen and oxygen atoms in total. The van der Waals surface area contributed by atoms with Crippen LogP contribution in [0, 0.1) is 0 Å². The molecule has 4 heteroatoms. The van der Waals surface area contributed by atoms with Crippen LogP contribution in [-0.4, -0.2) is 16.1 Å². The zero-order chi connectivity index (χ0) is 14.9. The van der Waals surface area contributed by atoms with E-state index >= 15 is 0 Å². The minimum Gasteiger partial charge on any atom is -0.309 e. The highest BCUT2D eigenvalue weighted by atomic mass is 16.1. The van der Waals surface area contributed by atoms with Crippen molar-refractivity contribution < 1.29 is 4.79 Å². The summed E-state index contributed by atoms with van der Waals surface area (Å²) in [5, 5.41) is 11.9. The maximum absolute atomic E-state index is 11.9. The highest BCUT2D eigenvalue weighted by molar-refractivity contribution is 5.91. The molecule has 112 valence electrons. The number of amides is 1. The molecule has 2 aromatic rings. The highest BCUT2D eigenvalue weighted by Crippen LogP contribution is 2.14. The van der Waals surface area contributed by atoms with Gasteiger partial charge in [0, 0.05) is 11.8 Å². The lowest BCUT2D eigenvalue weighted by molar-refractivity contribution is -0.116. The second kappa shape index (κ2) is 8.35. The number of carbonyl (C=O) groups excluding carboxylic acids is 1. The summed E-state index contributed by atoms with van der Waals surface area (Å²) in [6.45, 7) is 2.21. The van der Waals surface area contributed by atoms with E-state index in [1.165, 1.54) is 25.7 Å². The zero-order valence-corrected chi connectivity index (χ0v) is 12.6. The van der Waals surface area contributed by atoms with Gasteiger partial charge in [-0.25, -0.2) is 0 Å². The molecule has 0 bridgehead atoms. The van der Waals surface area contributed by atoms with E-state index in [1.807, 2.05) is 30.3 Å². The van der Waals surface area contributed by atoms with Crippen molar-refractivity contribution in [2.45, 2.75) is 51.9 Å². The van der Waals surface area contributed by atoms with Crippen molar-refractivity contribution in [2.24, 2.45) is 0 Å². The van der Waals surface area contributed by atoms with Crippen LogP contribution in [0.5, 0.6) is 0 Å². The number of hydrogen-bond donors (Lipinski definition) is 1. The van der Waals surface area contributed by atoms with Crippen molar-refractivity contribution in [1.29, 1.82) is 0 Å². The van der Waals surface area contributed by atoms with Gasteiger partial charge in [-0.05, 0) is 18.6 Å². The molecule has 0 saturated heterocycles. The molecular formula is C17H23N3O. The van der Waals surface area contributed by atoms with Gasteiger partial charge in [0.25, 0.3) is 0 Å². The van der Waals surface area contributed by atoms with Crippen molar-refractivity contribution in [1.82, 2.24) is 10.2 Å². The molecule has 0 aliphatic heterocycles. The lowest BCUT2D eigenvalue weighted by Crippen LogP contribution is -2.12. The molecular weight excluding hydrogens is 262 g/mol. The molecule has 0 spiro atoms. The predicted octanol–water partition coefficient (Wildman–Crippen LogP) is 4.32. The topological polar surface area (TPSA) is 54.9 Å². The molecule has 1 amide bonds. The van der Waals surface area contributed by atoms with Gasteiger partial charge in [-0.2, -0.15) is 0 Å². The Bertz CT molecular complexity index is 583. The fourth-order valence-corrected chi connectivity index (χ4v) is 2.32. The summed E-state index contributed by atoms with van der Waals surface area (Å²) in [5.41, 5.74) is 0.839. The van der Waals surface area contributed by atoms with E-state index in [0.29, 0.717) is 12.2 Å². The average Bonchev–Trinajstić information content (AvgIpc) is 2.50. The zero-order valence-electron chi connectivity index (χ0n) is 12.6. The Morgan fingerprint density at radius 1 is 1.05 bits per heavy atom. The molecule has 1 N–H and O–H groups in total. The third-order valence-corrected chi connectivity index (χ3v) is 3.52. The molecule has 1 heterocycles. The Kier molecular flexibility index (Phi) is 6.13. The normalized spacial score (nSPS) is 10.7. The second-order valence-electron chi connectivity index (χ2n) is 5.35. The van der Waals surface area contributed by atoms with Crippen molar-refractivity contribution >= 4 is 22.6 Å². The molecule has 1 aromatic heterocycles. The van der Waals surface area contributed by atoms with Crippen molar-refractivity contribution in [3.63, 3.8) is 0 Å². The van der Waals surface area contributed by atoms with Crippen LogP contribution >= 0.6 is 0 Å². The number of benzene rings is 1. The fraction of sp³-hybridized carbons (Fsp3) is 0.471. The molecule has 0 unspecified atom stereocenters. The molecule has 21 heavy (non-hydrogen) atoms. The first-order chi connectivity index (χ1) is 10.3. The summed E-state index contributed by atoms with van der Waals surface area (Å²) in [7, 11) is 0. The first-order valence-electron chi connectivity index (χ1n) is 7.82. The van der Waals surface area contributed by atoms with Gasteiger partial charge in [0.05, 0.1) is 5.52 Å². The third kappa shape index (κ3) is 5.14. The largest absolute Gasteiger partial charge is 0.309 e. The maximum atomic E-state index is 11.9. The van der Waals surface area contributed by atoms with Crippen molar-refractivity contribution in [3.05, 3.63) is 30.3 Å². The number of fused-ring (bicyclic) bond motifs is 1. The molecule has 0 aliphatic carbocycles. The third-order valence-electron chi connectivity index (χ3n) is 3.52. The monoisotopic (exact) mass is 285 g/mol. The van der Waals surface area contributed by atoms with Gasteiger partial charge in [-0.3, -0.25) is 4.79 Å². The molecule has 0 radical (unpaired) electrons.